The molecule has 18 heteroatoms. The number of amides is 1. The number of nitrogens with two attached hydrogens (primary N) is 1. The van der Waals surface area contributed by atoms with Gasteiger partial charge < -0.3 is 21.5 Å². The van der Waals surface area contributed by atoms with Gasteiger partial charge in [-0.25, -0.2) is 31.9 Å². The number of alkyl halides is 7. The number of hydrogen-bond acceptors (Lipinski definition) is 7. The molecule has 1 amide bonds. The van der Waals surface area contributed by atoms with Gasteiger partial charge in [0.05, 0.1) is 17.9 Å². The monoisotopic (exact) mass is 554 g/mol. The number of carbonyl (C=O) groups is 2. The van der Waals surface area contributed by atoms with Crippen LogP contribution < -0.4 is 16.4 Å². The van der Waals surface area contributed by atoms with E-state index in [9.17, 15) is 35.5 Å². The van der Waals surface area contributed by atoms with E-state index in [0.717, 1.165) is 4.68 Å². The lowest BCUT2D eigenvalue weighted by Gasteiger charge is -2.36. The Kier molecular flexibility index (Phi) is 8.13. The Morgan fingerprint density at radius 3 is 2.55 bits per heavy atom. The number of halogens is 7. The SMILES string of the molecule is Cn1cc(NC(=O)c2cnn3ccc(N[C@@H]4CCCC(F)(F)[C@@H]4N)nc23)c(C(F)F)n1.O=C(O)C(F)(F)F. The maximum atomic E-state index is 13.9. The highest BCUT2D eigenvalue weighted by Gasteiger charge is 2.44. The van der Waals surface area contributed by atoms with E-state index in [-0.39, 0.29) is 29.1 Å². The first kappa shape index (κ1) is 28.6. The van der Waals surface area contributed by atoms with Crippen LogP contribution in [-0.4, -0.2) is 65.5 Å². The van der Waals surface area contributed by atoms with Crippen molar-refractivity contribution in [3.8, 4) is 0 Å². The number of aromatic nitrogens is 5. The molecular weight excluding hydrogens is 533 g/mol. The summed E-state index contributed by atoms with van der Waals surface area (Å²) in [6, 6.07) is -0.537. The third-order valence-corrected chi connectivity index (χ3v) is 5.45. The fourth-order valence-corrected chi connectivity index (χ4v) is 3.61. The average Bonchev–Trinajstić information content (AvgIpc) is 3.39. The molecule has 3 aromatic heterocycles. The van der Waals surface area contributed by atoms with Crippen LogP contribution in [0.3, 0.4) is 0 Å². The second kappa shape index (κ2) is 10.8. The first-order valence-corrected chi connectivity index (χ1v) is 10.8. The van der Waals surface area contributed by atoms with Crippen molar-refractivity contribution >= 4 is 29.0 Å². The van der Waals surface area contributed by atoms with Gasteiger partial charge in [-0.05, 0) is 18.9 Å². The minimum atomic E-state index is -5.08. The minimum Gasteiger partial charge on any atom is -0.475 e. The van der Waals surface area contributed by atoms with Crippen molar-refractivity contribution in [1.82, 2.24) is 24.4 Å². The predicted molar refractivity (Wildman–Crippen MR) is 117 cm³/mol. The van der Waals surface area contributed by atoms with E-state index in [1.165, 1.54) is 36.2 Å². The fourth-order valence-electron chi connectivity index (χ4n) is 3.61. The molecule has 0 aromatic carbocycles. The number of hydrogen-bond donors (Lipinski definition) is 4. The fraction of sp³-hybridized carbons (Fsp3) is 0.450. The normalized spacial score (nSPS) is 19.1. The zero-order chi connectivity index (χ0) is 28.4. The van der Waals surface area contributed by atoms with E-state index in [2.05, 4.69) is 25.8 Å². The van der Waals surface area contributed by atoms with Crippen LogP contribution in [0.4, 0.5) is 42.2 Å². The third-order valence-electron chi connectivity index (χ3n) is 5.45. The number of fused-ring (bicyclic) bond motifs is 1. The van der Waals surface area contributed by atoms with Gasteiger partial charge in [0.2, 0.25) is 0 Å². The zero-order valence-corrected chi connectivity index (χ0v) is 19.4. The zero-order valence-electron chi connectivity index (χ0n) is 19.4. The summed E-state index contributed by atoms with van der Waals surface area (Å²) in [6.45, 7) is 0. The molecule has 208 valence electrons. The van der Waals surface area contributed by atoms with E-state index in [1.807, 2.05) is 0 Å². The van der Waals surface area contributed by atoms with Crippen molar-refractivity contribution in [2.45, 2.75) is 49.9 Å². The lowest BCUT2D eigenvalue weighted by Crippen LogP contribution is -2.55. The molecule has 2 atom stereocenters. The molecule has 1 fully saturated rings. The molecule has 38 heavy (non-hydrogen) atoms. The summed E-state index contributed by atoms with van der Waals surface area (Å²) in [5.41, 5.74) is 5.16. The summed E-state index contributed by atoms with van der Waals surface area (Å²) in [4.78, 5) is 25.9. The van der Waals surface area contributed by atoms with Crippen molar-refractivity contribution in [2.24, 2.45) is 12.8 Å². The lowest BCUT2D eigenvalue weighted by molar-refractivity contribution is -0.192. The van der Waals surface area contributed by atoms with E-state index in [0.29, 0.717) is 12.8 Å². The number of rotatable bonds is 5. The van der Waals surface area contributed by atoms with E-state index < -0.39 is 48.2 Å². The Bertz CT molecular complexity index is 1310. The molecule has 5 N–H and O–H groups in total. The van der Waals surface area contributed by atoms with Gasteiger partial charge in [0.1, 0.15) is 11.4 Å². The van der Waals surface area contributed by atoms with Gasteiger partial charge in [0.25, 0.3) is 18.3 Å². The molecule has 3 aromatic rings. The Morgan fingerprint density at radius 2 is 1.95 bits per heavy atom. The standard InChI is InChI=1S/C18H20F4N8O.C2HF3O2/c1-29-8-11(13(28-29)15(19)20)26-17(31)9-7-24-30-6-4-12(27-16(9)30)25-10-3-2-5-18(21,22)14(10)23;3-2(4,5)1(6)7/h4,6-8,10,14-15H,2-3,5,23H2,1H3,(H,25,27)(H,26,31);(H,6,7)/t10-,14-;/m1./s1. The molecule has 0 spiro atoms. The minimum absolute atomic E-state index is 0.0194. The molecule has 11 nitrogen and oxygen atoms in total. The highest BCUT2D eigenvalue weighted by molar-refractivity contribution is 6.08. The highest BCUT2D eigenvalue weighted by Crippen LogP contribution is 2.33. The summed E-state index contributed by atoms with van der Waals surface area (Å²) in [5.74, 6) is -6.20. The van der Waals surface area contributed by atoms with E-state index in [4.69, 9.17) is 15.6 Å². The summed E-state index contributed by atoms with van der Waals surface area (Å²) >= 11 is 0. The number of anilines is 2. The summed E-state index contributed by atoms with van der Waals surface area (Å²) < 4.78 is 88.3. The molecule has 1 saturated carbocycles. The number of carboxylic acid groups (broad SMARTS) is 1. The first-order chi connectivity index (χ1) is 17.6. The quantitative estimate of drug-likeness (QED) is 0.351. The number of nitrogens with one attached hydrogen (secondary N) is 2. The van der Waals surface area contributed by atoms with Crippen LogP contribution in [0.2, 0.25) is 0 Å². The smallest absolute Gasteiger partial charge is 0.475 e. The summed E-state index contributed by atoms with van der Waals surface area (Å²) in [7, 11) is 1.45. The molecule has 0 unspecified atom stereocenters. The Hall–Kier alpha value is -3.96. The van der Waals surface area contributed by atoms with E-state index >= 15 is 0 Å². The lowest BCUT2D eigenvalue weighted by atomic mass is 9.87. The molecule has 4 rings (SSSR count). The molecule has 0 saturated heterocycles. The van der Waals surface area contributed by atoms with Gasteiger partial charge in [-0.1, -0.05) is 0 Å². The van der Waals surface area contributed by atoms with Crippen molar-refractivity contribution in [2.75, 3.05) is 10.6 Å². The molecule has 0 bridgehead atoms. The van der Waals surface area contributed by atoms with Gasteiger partial charge >= 0.3 is 12.1 Å². The average molecular weight is 554 g/mol. The molecule has 1 aliphatic rings. The number of carbonyl (C=O) groups excluding carboxylic acids is 1. The number of carboxylic acids is 1. The Balaban J connectivity index is 0.000000505. The van der Waals surface area contributed by atoms with Crippen LogP contribution in [0.1, 0.15) is 41.7 Å². The maximum absolute atomic E-state index is 13.9. The Morgan fingerprint density at radius 1 is 1.29 bits per heavy atom. The Labute approximate surface area is 208 Å². The van der Waals surface area contributed by atoms with Crippen LogP contribution in [-0.2, 0) is 11.8 Å². The predicted octanol–water partition coefficient (Wildman–Crippen LogP) is 3.21. The van der Waals surface area contributed by atoms with Crippen molar-refractivity contribution in [1.29, 1.82) is 0 Å². The highest BCUT2D eigenvalue weighted by atomic mass is 19.4. The largest absolute Gasteiger partial charge is 0.490 e. The summed E-state index contributed by atoms with van der Waals surface area (Å²) in [5, 5.41) is 20.1. The van der Waals surface area contributed by atoms with Crippen LogP contribution in [0.5, 0.6) is 0 Å². The van der Waals surface area contributed by atoms with Gasteiger partial charge in [0, 0.05) is 31.9 Å². The van der Waals surface area contributed by atoms with Gasteiger partial charge in [-0.15, -0.1) is 0 Å². The number of aryl methyl sites for hydroxylation is 1. The topological polar surface area (TPSA) is 152 Å². The first-order valence-electron chi connectivity index (χ1n) is 10.8. The van der Waals surface area contributed by atoms with Gasteiger partial charge in [-0.3, -0.25) is 9.48 Å². The second-order valence-corrected chi connectivity index (χ2v) is 8.23. The van der Waals surface area contributed by atoms with Crippen LogP contribution >= 0.6 is 0 Å². The third kappa shape index (κ3) is 6.48. The van der Waals surface area contributed by atoms with Crippen molar-refractivity contribution in [3.63, 3.8) is 0 Å². The van der Waals surface area contributed by atoms with Crippen LogP contribution in [0.15, 0.2) is 24.7 Å². The molecule has 1 aliphatic carbocycles. The number of aliphatic carboxylic acids is 1. The number of nitrogens with zero attached hydrogens (tertiary/aromatic N) is 5. The molecule has 0 radical (unpaired) electrons. The summed E-state index contributed by atoms with van der Waals surface area (Å²) in [6.07, 6.45) is -3.45. The van der Waals surface area contributed by atoms with Crippen LogP contribution in [0, 0.1) is 0 Å². The molecular formula is C20H21F7N8O3. The van der Waals surface area contributed by atoms with Gasteiger partial charge in [-0.2, -0.15) is 23.4 Å². The van der Waals surface area contributed by atoms with Crippen molar-refractivity contribution < 1.29 is 45.4 Å². The van der Waals surface area contributed by atoms with E-state index in [1.54, 1.807) is 0 Å². The second-order valence-electron chi connectivity index (χ2n) is 8.23. The maximum Gasteiger partial charge on any atom is 0.490 e. The van der Waals surface area contributed by atoms with Gasteiger partial charge in [0.15, 0.2) is 11.3 Å². The van der Waals surface area contributed by atoms with Crippen LogP contribution in [0.25, 0.3) is 5.65 Å². The molecule has 3 heterocycles. The molecule has 0 aliphatic heterocycles. The van der Waals surface area contributed by atoms with Crippen molar-refractivity contribution in [3.05, 3.63) is 35.9 Å².